The van der Waals surface area contributed by atoms with Gasteiger partial charge in [0.1, 0.15) is 28.0 Å². The highest BCUT2D eigenvalue weighted by atomic mass is 32.2. The first-order valence-corrected chi connectivity index (χ1v) is 14.5. The monoisotopic (exact) mass is 598 g/mol. The third-order valence-electron chi connectivity index (χ3n) is 6.22. The van der Waals surface area contributed by atoms with Gasteiger partial charge in [0, 0.05) is 48.4 Å². The Morgan fingerprint density at radius 2 is 1.93 bits per heavy atom. The van der Waals surface area contributed by atoms with Crippen LogP contribution in [-0.4, -0.2) is 55.0 Å². The number of halogens is 2. The van der Waals surface area contributed by atoms with Crippen LogP contribution < -0.4 is 15.8 Å². The molecule has 222 valence electrons. The van der Waals surface area contributed by atoms with Crippen LogP contribution in [0.3, 0.4) is 0 Å². The topological polar surface area (TPSA) is 139 Å². The third kappa shape index (κ3) is 7.40. The molecule has 2 aromatic carbocycles. The van der Waals surface area contributed by atoms with Crippen LogP contribution in [0.25, 0.3) is 11.1 Å². The van der Waals surface area contributed by atoms with E-state index < -0.39 is 38.2 Å². The minimum Gasteiger partial charge on any atom is -0.444 e. The number of aliphatic imine (C=N–C) groups is 1. The number of alkyl carbamates (subject to hydrolysis) is 1. The first kappa shape index (κ1) is 30.4. The molecule has 13 heteroatoms. The van der Waals surface area contributed by atoms with Crippen LogP contribution in [0.15, 0.2) is 77.5 Å². The number of hydrogen-bond acceptors (Lipinski definition) is 7. The van der Waals surface area contributed by atoms with Crippen molar-refractivity contribution in [1.29, 1.82) is 0 Å². The summed E-state index contributed by atoms with van der Waals surface area (Å²) in [6, 6.07) is 8.81. The number of anilines is 2. The van der Waals surface area contributed by atoms with E-state index in [4.69, 9.17) is 10.5 Å². The summed E-state index contributed by atoms with van der Waals surface area (Å²) in [6.07, 6.45) is 4.38. The van der Waals surface area contributed by atoms with Crippen LogP contribution in [0.4, 0.5) is 25.0 Å². The van der Waals surface area contributed by atoms with Gasteiger partial charge in [-0.3, -0.25) is 9.71 Å². The van der Waals surface area contributed by atoms with Gasteiger partial charge in [-0.1, -0.05) is 12.6 Å². The number of hydrogen-bond donors (Lipinski definition) is 3. The molecular weight excluding hydrogens is 566 g/mol. The molecule has 1 saturated heterocycles. The van der Waals surface area contributed by atoms with Crippen LogP contribution in [-0.2, 0) is 14.8 Å². The molecule has 10 nitrogen and oxygen atoms in total. The number of rotatable bonds is 7. The number of pyridine rings is 1. The molecule has 1 fully saturated rings. The molecule has 0 saturated carbocycles. The van der Waals surface area contributed by atoms with Crippen molar-refractivity contribution in [2.45, 2.75) is 43.7 Å². The van der Waals surface area contributed by atoms with Gasteiger partial charge in [-0.15, -0.1) is 0 Å². The number of ether oxygens (including phenoxy) is 1. The first-order chi connectivity index (χ1) is 19.8. The van der Waals surface area contributed by atoms with E-state index in [-0.39, 0.29) is 11.7 Å². The summed E-state index contributed by atoms with van der Waals surface area (Å²) >= 11 is 0. The van der Waals surface area contributed by atoms with Crippen molar-refractivity contribution >= 4 is 33.3 Å². The number of nitrogens with zero attached hydrogens (tertiary/aromatic N) is 3. The number of likely N-dealkylation sites (tertiary alicyclic amines) is 1. The quantitative estimate of drug-likeness (QED) is 0.200. The fraction of sp³-hybridized carbons (Fsp3) is 0.276. The van der Waals surface area contributed by atoms with Crippen molar-refractivity contribution in [2.24, 2.45) is 4.99 Å². The van der Waals surface area contributed by atoms with Crippen LogP contribution in [0.5, 0.6) is 0 Å². The number of aromatic nitrogens is 1. The Morgan fingerprint density at radius 3 is 2.62 bits per heavy atom. The number of nitrogens with one attached hydrogen (secondary N) is 2. The molecule has 0 aliphatic carbocycles. The fourth-order valence-electron chi connectivity index (χ4n) is 4.44. The normalized spacial score (nSPS) is 15.8. The van der Waals surface area contributed by atoms with E-state index in [1.54, 1.807) is 39.0 Å². The van der Waals surface area contributed by atoms with Gasteiger partial charge in [0.25, 0.3) is 10.0 Å². The maximum atomic E-state index is 14.2. The maximum absolute atomic E-state index is 14.2. The van der Waals surface area contributed by atoms with E-state index in [0.717, 1.165) is 12.1 Å². The molecule has 2 heterocycles. The zero-order chi connectivity index (χ0) is 30.7. The highest BCUT2D eigenvalue weighted by Gasteiger charge is 2.29. The highest BCUT2D eigenvalue weighted by Crippen LogP contribution is 2.29. The zero-order valence-corrected chi connectivity index (χ0v) is 24.2. The van der Waals surface area contributed by atoms with Gasteiger partial charge in [-0.25, -0.2) is 27.0 Å². The summed E-state index contributed by atoms with van der Waals surface area (Å²) in [5, 5.41) is 2.89. The van der Waals surface area contributed by atoms with Gasteiger partial charge in [0.2, 0.25) is 0 Å². The van der Waals surface area contributed by atoms with E-state index in [0.29, 0.717) is 53.8 Å². The Bertz CT molecular complexity index is 1640. The predicted octanol–water partition coefficient (Wildman–Crippen LogP) is 4.90. The Hall–Kier alpha value is -4.52. The second kappa shape index (κ2) is 12.1. The van der Waals surface area contributed by atoms with Crippen LogP contribution >= 0.6 is 0 Å². The SMILES string of the molecule is C=C/N=C(\c1cc(-c2cncc(NS(=O)(=O)c3ccc(F)cc3F)c2)ccc1N)N1CC[C@@H](NC(=O)OC(C)(C)C)C1. The molecule has 1 atom stereocenters. The van der Waals surface area contributed by atoms with Crippen molar-refractivity contribution in [2.75, 3.05) is 23.5 Å². The van der Waals surface area contributed by atoms with Crippen molar-refractivity contribution in [3.8, 4) is 11.1 Å². The predicted molar refractivity (Wildman–Crippen MR) is 157 cm³/mol. The van der Waals surface area contributed by atoms with Gasteiger partial charge >= 0.3 is 6.09 Å². The average molecular weight is 599 g/mol. The van der Waals surface area contributed by atoms with Crippen LogP contribution in [0.1, 0.15) is 32.8 Å². The largest absolute Gasteiger partial charge is 0.444 e. The second-order valence-electron chi connectivity index (χ2n) is 10.7. The molecule has 0 radical (unpaired) electrons. The standard InChI is InChI=1S/C29H32F2N6O4S/c1-5-34-27(37-11-10-21(17-37)35-28(38)41-29(2,3)4)23-13-18(6-8-25(23)32)19-12-22(16-33-15-19)36-42(39,40)26-9-7-20(30)14-24(26)31/h5-9,12-16,21,36H,1,10-11,17,32H2,2-4H3,(H,35,38)/b34-27+/t21-/m1/s1. The highest BCUT2D eigenvalue weighted by molar-refractivity contribution is 7.92. The summed E-state index contributed by atoms with van der Waals surface area (Å²) in [5.74, 6) is -1.55. The van der Waals surface area contributed by atoms with E-state index in [1.807, 2.05) is 4.90 Å². The Balaban J connectivity index is 1.57. The molecule has 42 heavy (non-hydrogen) atoms. The van der Waals surface area contributed by atoms with Crippen LogP contribution in [0.2, 0.25) is 0 Å². The Kier molecular flexibility index (Phi) is 8.81. The van der Waals surface area contributed by atoms with Gasteiger partial charge in [0.15, 0.2) is 0 Å². The zero-order valence-electron chi connectivity index (χ0n) is 23.4. The van der Waals surface area contributed by atoms with Crippen LogP contribution in [0, 0.1) is 11.6 Å². The van der Waals surface area contributed by atoms with Gasteiger partial charge in [-0.05, 0) is 63.1 Å². The summed E-state index contributed by atoms with van der Waals surface area (Å²) < 4.78 is 60.6. The van der Waals surface area contributed by atoms with Crippen molar-refractivity contribution in [3.63, 3.8) is 0 Å². The summed E-state index contributed by atoms with van der Waals surface area (Å²) in [4.78, 5) is 22.2. The molecule has 1 aliphatic rings. The van der Waals surface area contributed by atoms with E-state index in [9.17, 15) is 22.0 Å². The molecule has 0 spiro atoms. The summed E-state index contributed by atoms with van der Waals surface area (Å²) in [5.41, 5.74) is 8.05. The molecule has 4 rings (SSSR count). The van der Waals surface area contributed by atoms with Gasteiger partial charge < -0.3 is 20.7 Å². The number of carbonyl (C=O) groups excluding carboxylic acids is 1. The van der Waals surface area contributed by atoms with E-state index in [2.05, 4.69) is 26.6 Å². The second-order valence-corrected chi connectivity index (χ2v) is 12.3. The maximum Gasteiger partial charge on any atom is 0.407 e. The molecule has 0 bridgehead atoms. The van der Waals surface area contributed by atoms with E-state index in [1.165, 1.54) is 24.7 Å². The minimum atomic E-state index is -4.36. The van der Waals surface area contributed by atoms with Gasteiger partial charge in [-0.2, -0.15) is 0 Å². The van der Waals surface area contributed by atoms with Crippen molar-refractivity contribution in [1.82, 2.24) is 15.2 Å². The molecule has 4 N–H and O–H groups in total. The number of carbonyl (C=O) groups is 1. The van der Waals surface area contributed by atoms with E-state index >= 15 is 0 Å². The lowest BCUT2D eigenvalue weighted by molar-refractivity contribution is 0.0507. The van der Waals surface area contributed by atoms with Gasteiger partial charge in [0.05, 0.1) is 17.9 Å². The van der Waals surface area contributed by atoms with Crippen molar-refractivity contribution < 1.29 is 26.7 Å². The number of benzene rings is 2. The molecular formula is C29H32F2N6O4S. The fourth-order valence-corrected chi connectivity index (χ4v) is 5.53. The molecule has 1 aliphatic heterocycles. The third-order valence-corrected chi connectivity index (χ3v) is 7.64. The number of nitrogen functional groups attached to an aromatic ring is 1. The number of sulfonamides is 1. The minimum absolute atomic E-state index is 0.0742. The first-order valence-electron chi connectivity index (χ1n) is 13.0. The molecule has 1 amide bonds. The Morgan fingerprint density at radius 1 is 1.17 bits per heavy atom. The molecule has 1 aromatic heterocycles. The molecule has 3 aromatic rings. The lowest BCUT2D eigenvalue weighted by atomic mass is 10.0. The average Bonchev–Trinajstić information content (AvgIpc) is 3.34. The number of amides is 1. The lowest BCUT2D eigenvalue weighted by Crippen LogP contribution is -2.41. The summed E-state index contributed by atoms with van der Waals surface area (Å²) in [7, 11) is -4.36. The lowest BCUT2D eigenvalue weighted by Gasteiger charge is -2.24. The number of amidine groups is 1. The molecule has 0 unspecified atom stereocenters. The smallest absolute Gasteiger partial charge is 0.407 e. The summed E-state index contributed by atoms with van der Waals surface area (Å²) in [6.45, 7) is 10.2. The number of nitrogens with two attached hydrogens (primary N) is 1. The Labute approximate surface area is 243 Å². The van der Waals surface area contributed by atoms with Crippen molar-refractivity contribution in [3.05, 3.63) is 84.8 Å².